The Bertz CT molecular complexity index is 120. The van der Waals surface area contributed by atoms with E-state index >= 15 is 0 Å². The van der Waals surface area contributed by atoms with Crippen LogP contribution in [-0.2, 0) is 16.0 Å². The third-order valence-corrected chi connectivity index (χ3v) is 2.06. The molecule has 0 amide bonds. The van der Waals surface area contributed by atoms with Gasteiger partial charge in [-0.1, -0.05) is 11.2 Å². The minimum absolute atomic E-state index is 0.277. The van der Waals surface area contributed by atoms with Crippen molar-refractivity contribution in [3.8, 4) is 0 Å². The topological polar surface area (TPSA) is 86.4 Å². The quantitative estimate of drug-likeness (QED) is 0.504. The highest BCUT2D eigenvalue weighted by atomic mass is 32.2. The van der Waals surface area contributed by atoms with Gasteiger partial charge in [-0.3, -0.25) is 4.79 Å². The molecule has 0 aromatic carbocycles. The summed E-state index contributed by atoms with van der Waals surface area (Å²) in [6, 6.07) is -0.974. The van der Waals surface area contributed by atoms with E-state index in [1.807, 2.05) is 0 Å². The number of rotatable bonds is 5. The summed E-state index contributed by atoms with van der Waals surface area (Å²) in [5, 5.41) is 9.04. The van der Waals surface area contributed by atoms with Crippen LogP contribution in [0, 0.1) is 0 Å². The fraction of sp³-hybridized carbons (Fsp3) is 0.833. The molecular weight excluding hydrogens is 166 g/mol. The van der Waals surface area contributed by atoms with Crippen LogP contribution in [0.5, 0.6) is 0 Å². The normalized spacial score (nSPS) is 18.9. The molecule has 0 spiro atoms. The molecule has 1 unspecified atom stereocenters. The van der Waals surface area contributed by atoms with E-state index in [0.29, 0.717) is 5.75 Å². The summed E-state index contributed by atoms with van der Waals surface area (Å²) < 4.78 is 10.5. The summed E-state index contributed by atoms with van der Waals surface area (Å²) in [4.78, 5) is 9.91. The molecule has 0 saturated carbocycles. The summed E-state index contributed by atoms with van der Waals surface area (Å²) in [6.45, 7) is 0. The van der Waals surface area contributed by atoms with Crippen molar-refractivity contribution < 1.29 is 14.5 Å². The van der Waals surface area contributed by atoms with Crippen LogP contribution in [0.25, 0.3) is 0 Å². The molecule has 0 saturated heterocycles. The standard InChI is InChI=1S/C6H12NO3S/c1-11(10)3-2-6(9)5(7)4-8/h5-6,9H,2-3,7H2,1H3/t5-,6-,11?/m1/s1. The van der Waals surface area contributed by atoms with Crippen molar-refractivity contribution in [2.24, 2.45) is 5.73 Å². The lowest BCUT2D eigenvalue weighted by Crippen LogP contribution is -2.37. The second kappa shape index (κ2) is 5.54. The van der Waals surface area contributed by atoms with E-state index in [1.54, 1.807) is 0 Å². The van der Waals surface area contributed by atoms with Gasteiger partial charge in [0.25, 0.3) is 0 Å². The Labute approximate surface area is 69.0 Å². The van der Waals surface area contributed by atoms with E-state index in [4.69, 9.17) is 10.8 Å². The summed E-state index contributed by atoms with van der Waals surface area (Å²) in [5.74, 6) is 0.358. The monoisotopic (exact) mass is 178 g/mol. The average molecular weight is 178 g/mol. The lowest BCUT2D eigenvalue weighted by Gasteiger charge is -2.12. The van der Waals surface area contributed by atoms with Crippen molar-refractivity contribution in [3.05, 3.63) is 0 Å². The average Bonchev–Trinajstić information content (AvgIpc) is 1.98. The Kier molecular flexibility index (Phi) is 5.49. The van der Waals surface area contributed by atoms with Gasteiger partial charge in [-0.25, -0.2) is 0 Å². The number of hydrogen-bond acceptors (Lipinski definition) is 4. The van der Waals surface area contributed by atoms with Crippen molar-refractivity contribution in [2.45, 2.75) is 18.6 Å². The van der Waals surface area contributed by atoms with Gasteiger partial charge in [0.2, 0.25) is 6.29 Å². The van der Waals surface area contributed by atoms with E-state index < -0.39 is 23.3 Å². The van der Waals surface area contributed by atoms with Gasteiger partial charge >= 0.3 is 0 Å². The summed E-state index contributed by atoms with van der Waals surface area (Å²) >= 11 is -0.950. The highest BCUT2D eigenvalue weighted by Crippen LogP contribution is 1.97. The molecule has 5 heteroatoms. The van der Waals surface area contributed by atoms with E-state index in [1.165, 1.54) is 12.5 Å². The zero-order valence-electron chi connectivity index (χ0n) is 6.32. The molecule has 3 N–H and O–H groups in total. The van der Waals surface area contributed by atoms with Gasteiger partial charge in [0.1, 0.15) is 5.75 Å². The van der Waals surface area contributed by atoms with Crippen LogP contribution in [0.4, 0.5) is 0 Å². The summed E-state index contributed by atoms with van der Waals surface area (Å²) in [6.07, 6.45) is 2.36. The Hall–Kier alpha value is -0.100. The minimum atomic E-state index is -0.974. The lowest BCUT2D eigenvalue weighted by atomic mass is 10.1. The first-order chi connectivity index (χ1) is 5.07. The zero-order chi connectivity index (χ0) is 8.85. The van der Waals surface area contributed by atoms with Gasteiger partial charge < -0.3 is 15.4 Å². The molecule has 65 valence electrons. The van der Waals surface area contributed by atoms with Crippen LogP contribution in [-0.4, -0.2) is 40.1 Å². The molecule has 0 aliphatic carbocycles. The Morgan fingerprint density at radius 3 is 2.73 bits per heavy atom. The van der Waals surface area contributed by atoms with Crippen molar-refractivity contribution >= 4 is 17.5 Å². The van der Waals surface area contributed by atoms with Crippen LogP contribution in [0.1, 0.15) is 6.42 Å². The predicted molar refractivity (Wildman–Crippen MR) is 43.2 cm³/mol. The number of aliphatic hydroxyl groups excluding tert-OH is 1. The lowest BCUT2D eigenvalue weighted by molar-refractivity contribution is 0.161. The molecule has 1 radical (unpaired) electrons. The van der Waals surface area contributed by atoms with Gasteiger partial charge in [-0.15, -0.1) is 0 Å². The maximum Gasteiger partial charge on any atom is 0.219 e. The van der Waals surface area contributed by atoms with E-state index in [0.717, 1.165) is 0 Å². The molecule has 0 aliphatic rings. The van der Waals surface area contributed by atoms with E-state index in [9.17, 15) is 9.35 Å². The van der Waals surface area contributed by atoms with Crippen LogP contribution in [0.3, 0.4) is 0 Å². The predicted octanol–water partition coefficient (Wildman–Crippen LogP) is -1.45. The summed E-state index contributed by atoms with van der Waals surface area (Å²) in [5.41, 5.74) is 5.13. The maximum atomic E-state index is 10.5. The molecule has 0 aromatic rings. The molecule has 0 heterocycles. The fourth-order valence-electron chi connectivity index (χ4n) is 0.545. The highest BCUT2D eigenvalue weighted by Gasteiger charge is 2.15. The van der Waals surface area contributed by atoms with Crippen molar-refractivity contribution in [2.75, 3.05) is 12.0 Å². The largest absolute Gasteiger partial charge is 0.617 e. The number of nitrogens with two attached hydrogens (primary N) is 1. The summed E-state index contributed by atoms with van der Waals surface area (Å²) in [7, 11) is 0. The number of aliphatic hydroxyl groups is 1. The first-order valence-electron chi connectivity index (χ1n) is 3.19. The highest BCUT2D eigenvalue weighted by molar-refractivity contribution is 7.90. The maximum absolute atomic E-state index is 10.5. The van der Waals surface area contributed by atoms with Gasteiger partial charge in [-0.2, -0.15) is 0 Å². The molecule has 0 aromatic heterocycles. The number of carbonyl (C=O) groups excluding carboxylic acids is 1. The van der Waals surface area contributed by atoms with Crippen LogP contribution in [0.2, 0.25) is 0 Å². The fourth-order valence-corrected chi connectivity index (χ4v) is 1.12. The van der Waals surface area contributed by atoms with Gasteiger partial charge in [0.05, 0.1) is 18.4 Å². The second-order valence-corrected chi connectivity index (χ2v) is 3.83. The molecule has 4 nitrogen and oxygen atoms in total. The zero-order valence-corrected chi connectivity index (χ0v) is 7.13. The number of hydrogen-bond donors (Lipinski definition) is 2. The van der Waals surface area contributed by atoms with Crippen LogP contribution >= 0.6 is 0 Å². The van der Waals surface area contributed by atoms with Gasteiger partial charge in [0.15, 0.2) is 0 Å². The second-order valence-electron chi connectivity index (χ2n) is 2.28. The van der Waals surface area contributed by atoms with Gasteiger partial charge in [0, 0.05) is 6.42 Å². The smallest absolute Gasteiger partial charge is 0.219 e. The van der Waals surface area contributed by atoms with Crippen LogP contribution in [0.15, 0.2) is 0 Å². The molecular formula is C6H12NO3S. The first kappa shape index (κ1) is 10.9. The Morgan fingerprint density at radius 1 is 1.82 bits per heavy atom. The SMILES string of the molecule is C[S+]([O-])CC[C@@H](O)[C@H](N)[C]=O. The molecule has 0 fully saturated rings. The van der Waals surface area contributed by atoms with Crippen molar-refractivity contribution in [1.82, 2.24) is 0 Å². The molecule has 11 heavy (non-hydrogen) atoms. The third-order valence-electron chi connectivity index (χ3n) is 1.25. The Morgan fingerprint density at radius 2 is 2.36 bits per heavy atom. The van der Waals surface area contributed by atoms with E-state index in [-0.39, 0.29) is 6.42 Å². The van der Waals surface area contributed by atoms with Crippen LogP contribution < -0.4 is 5.73 Å². The van der Waals surface area contributed by atoms with E-state index in [2.05, 4.69) is 0 Å². The minimum Gasteiger partial charge on any atom is -0.617 e. The first-order valence-corrected chi connectivity index (χ1v) is 4.92. The Balaban J connectivity index is 3.51. The molecule has 0 rings (SSSR count). The third kappa shape index (κ3) is 5.20. The molecule has 0 bridgehead atoms. The molecule has 3 atom stereocenters. The van der Waals surface area contributed by atoms with Crippen molar-refractivity contribution in [1.29, 1.82) is 0 Å². The van der Waals surface area contributed by atoms with Crippen molar-refractivity contribution in [3.63, 3.8) is 0 Å². The molecule has 0 aliphatic heterocycles. The van der Waals surface area contributed by atoms with Gasteiger partial charge in [-0.05, 0) is 0 Å².